The van der Waals surface area contributed by atoms with E-state index in [1.165, 1.54) is 38.2 Å². The van der Waals surface area contributed by atoms with Gasteiger partial charge in [0.05, 0.1) is 0 Å². The van der Waals surface area contributed by atoms with Crippen molar-refractivity contribution in [2.75, 3.05) is 6.54 Å². The van der Waals surface area contributed by atoms with Gasteiger partial charge in [0.15, 0.2) is 0 Å². The van der Waals surface area contributed by atoms with Gasteiger partial charge in [0.1, 0.15) is 5.82 Å². The zero-order valence-corrected chi connectivity index (χ0v) is 10.2. The molecule has 0 bridgehead atoms. The molecule has 1 saturated heterocycles. The number of rotatable bonds is 2. The van der Waals surface area contributed by atoms with E-state index < -0.39 is 0 Å². The molecule has 0 aliphatic carbocycles. The first kappa shape index (κ1) is 12.3. The fourth-order valence-corrected chi connectivity index (χ4v) is 2.23. The Balaban J connectivity index is 1.94. The van der Waals surface area contributed by atoms with Gasteiger partial charge in [0, 0.05) is 6.04 Å². The Hall–Kier alpha value is -1.15. The summed E-state index contributed by atoms with van der Waals surface area (Å²) < 4.78 is 13.0. The van der Waals surface area contributed by atoms with Crippen molar-refractivity contribution in [3.05, 3.63) is 41.7 Å². The van der Waals surface area contributed by atoms with E-state index in [0.717, 1.165) is 12.1 Å². The van der Waals surface area contributed by atoms with Crippen molar-refractivity contribution in [3.63, 3.8) is 0 Å². The second kappa shape index (κ2) is 6.55. The highest BCUT2D eigenvalue weighted by Gasteiger charge is 2.06. The summed E-state index contributed by atoms with van der Waals surface area (Å²) >= 11 is 0. The van der Waals surface area contributed by atoms with Crippen LogP contribution in [0.4, 0.5) is 4.39 Å². The fraction of sp³-hybridized carbons (Fsp3) is 0.467. The number of nitrogens with one attached hydrogen (secondary N) is 1. The molecule has 1 N–H and O–H groups in total. The Morgan fingerprint density at radius 1 is 1.18 bits per heavy atom. The first-order valence-corrected chi connectivity index (χ1v) is 6.52. The predicted molar refractivity (Wildman–Crippen MR) is 70.3 cm³/mol. The van der Waals surface area contributed by atoms with Crippen LogP contribution in [0, 0.1) is 5.82 Å². The predicted octanol–water partition coefficient (Wildman–Crippen LogP) is 3.76. The lowest BCUT2D eigenvalue weighted by molar-refractivity contribution is 0.465. The summed E-state index contributed by atoms with van der Waals surface area (Å²) in [5, 5.41) is 3.53. The second-order valence-electron chi connectivity index (χ2n) is 4.68. The van der Waals surface area contributed by atoms with E-state index in [1.54, 1.807) is 12.1 Å². The Labute approximate surface area is 103 Å². The van der Waals surface area contributed by atoms with Gasteiger partial charge in [-0.05, 0) is 37.1 Å². The maximum absolute atomic E-state index is 13.0. The van der Waals surface area contributed by atoms with Crippen LogP contribution in [0.25, 0.3) is 6.08 Å². The van der Waals surface area contributed by atoms with Crippen molar-refractivity contribution >= 4 is 6.08 Å². The Morgan fingerprint density at radius 3 is 2.94 bits per heavy atom. The first-order chi connectivity index (χ1) is 8.34. The van der Waals surface area contributed by atoms with Crippen molar-refractivity contribution < 1.29 is 4.39 Å². The van der Waals surface area contributed by atoms with Gasteiger partial charge in [-0.15, -0.1) is 0 Å². The standard InChI is InChI=1S/C15H20FN/c16-14-7-5-6-13(12-14)9-10-15-8-3-1-2-4-11-17-15/h5-7,9-10,12,15,17H,1-4,8,11H2/b10-9+. The summed E-state index contributed by atoms with van der Waals surface area (Å²) in [6.45, 7) is 1.10. The molecule has 1 aliphatic heterocycles. The highest BCUT2D eigenvalue weighted by molar-refractivity contribution is 5.49. The maximum Gasteiger partial charge on any atom is 0.123 e. The average molecular weight is 233 g/mol. The number of hydrogen-bond acceptors (Lipinski definition) is 1. The lowest BCUT2D eigenvalue weighted by atomic mass is 10.0. The van der Waals surface area contributed by atoms with Gasteiger partial charge in [0.25, 0.3) is 0 Å². The van der Waals surface area contributed by atoms with Gasteiger partial charge in [-0.25, -0.2) is 4.39 Å². The van der Waals surface area contributed by atoms with Crippen LogP contribution in [-0.4, -0.2) is 12.6 Å². The van der Waals surface area contributed by atoms with Crippen LogP contribution in [0.5, 0.6) is 0 Å². The van der Waals surface area contributed by atoms with E-state index in [2.05, 4.69) is 11.4 Å². The second-order valence-corrected chi connectivity index (χ2v) is 4.68. The molecule has 0 saturated carbocycles. The van der Waals surface area contributed by atoms with E-state index in [0.29, 0.717) is 6.04 Å². The van der Waals surface area contributed by atoms with E-state index in [4.69, 9.17) is 0 Å². The van der Waals surface area contributed by atoms with Crippen LogP contribution in [0.1, 0.15) is 37.7 Å². The van der Waals surface area contributed by atoms with Gasteiger partial charge < -0.3 is 5.32 Å². The summed E-state index contributed by atoms with van der Waals surface area (Å²) in [6.07, 6.45) is 10.6. The zero-order chi connectivity index (χ0) is 11.9. The number of benzene rings is 1. The van der Waals surface area contributed by atoms with Crippen LogP contribution < -0.4 is 5.32 Å². The number of hydrogen-bond donors (Lipinski definition) is 1. The first-order valence-electron chi connectivity index (χ1n) is 6.52. The van der Waals surface area contributed by atoms with Gasteiger partial charge in [-0.1, -0.05) is 43.5 Å². The fourth-order valence-electron chi connectivity index (χ4n) is 2.23. The molecule has 17 heavy (non-hydrogen) atoms. The van der Waals surface area contributed by atoms with E-state index >= 15 is 0 Å². The van der Waals surface area contributed by atoms with Crippen molar-refractivity contribution in [3.8, 4) is 0 Å². The summed E-state index contributed by atoms with van der Waals surface area (Å²) in [5.41, 5.74) is 0.939. The van der Waals surface area contributed by atoms with E-state index in [1.807, 2.05) is 12.1 Å². The minimum atomic E-state index is -0.169. The molecule has 2 rings (SSSR count). The van der Waals surface area contributed by atoms with Crippen LogP contribution in [-0.2, 0) is 0 Å². The molecule has 1 heterocycles. The molecular weight excluding hydrogens is 213 g/mol. The topological polar surface area (TPSA) is 12.0 Å². The van der Waals surface area contributed by atoms with Crippen LogP contribution in [0.3, 0.4) is 0 Å². The molecule has 1 aliphatic rings. The molecule has 1 fully saturated rings. The minimum Gasteiger partial charge on any atom is -0.311 e. The quantitative estimate of drug-likeness (QED) is 0.820. The third-order valence-corrected chi connectivity index (χ3v) is 3.22. The number of halogens is 1. The molecular formula is C15H20FN. The molecule has 0 amide bonds. The maximum atomic E-state index is 13.0. The van der Waals surface area contributed by atoms with Crippen molar-refractivity contribution in [1.29, 1.82) is 0 Å². The van der Waals surface area contributed by atoms with Crippen molar-refractivity contribution in [2.24, 2.45) is 0 Å². The van der Waals surface area contributed by atoms with E-state index in [9.17, 15) is 4.39 Å². The molecule has 0 radical (unpaired) electrons. The third-order valence-electron chi connectivity index (χ3n) is 3.22. The smallest absolute Gasteiger partial charge is 0.123 e. The van der Waals surface area contributed by atoms with Gasteiger partial charge >= 0.3 is 0 Å². The van der Waals surface area contributed by atoms with Crippen LogP contribution in [0.15, 0.2) is 30.3 Å². The Bertz CT molecular complexity index is 365. The van der Waals surface area contributed by atoms with Gasteiger partial charge in [-0.2, -0.15) is 0 Å². The molecule has 1 unspecified atom stereocenters. The van der Waals surface area contributed by atoms with Gasteiger partial charge in [0.2, 0.25) is 0 Å². The van der Waals surface area contributed by atoms with Crippen molar-refractivity contribution in [1.82, 2.24) is 5.32 Å². The Morgan fingerprint density at radius 2 is 2.06 bits per heavy atom. The molecule has 92 valence electrons. The van der Waals surface area contributed by atoms with E-state index in [-0.39, 0.29) is 5.82 Å². The normalized spacial score (nSPS) is 22.3. The zero-order valence-electron chi connectivity index (χ0n) is 10.2. The lowest BCUT2D eigenvalue weighted by Gasteiger charge is -2.18. The highest BCUT2D eigenvalue weighted by Crippen LogP contribution is 2.12. The Kier molecular flexibility index (Phi) is 4.75. The lowest BCUT2D eigenvalue weighted by Crippen LogP contribution is -2.29. The molecule has 0 aromatic heterocycles. The molecule has 1 nitrogen and oxygen atoms in total. The summed E-state index contributed by atoms with van der Waals surface area (Å²) in [4.78, 5) is 0. The summed E-state index contributed by atoms with van der Waals surface area (Å²) in [5.74, 6) is -0.169. The van der Waals surface area contributed by atoms with Crippen LogP contribution >= 0.6 is 0 Å². The molecule has 1 atom stereocenters. The monoisotopic (exact) mass is 233 g/mol. The minimum absolute atomic E-state index is 0.169. The molecule has 1 aromatic rings. The SMILES string of the molecule is Fc1cccc(/C=C/C2CCCCCCN2)c1. The van der Waals surface area contributed by atoms with Crippen molar-refractivity contribution in [2.45, 2.75) is 38.1 Å². The molecule has 1 aromatic carbocycles. The molecule has 0 spiro atoms. The van der Waals surface area contributed by atoms with Crippen LogP contribution in [0.2, 0.25) is 0 Å². The van der Waals surface area contributed by atoms with Gasteiger partial charge in [-0.3, -0.25) is 0 Å². The summed E-state index contributed by atoms with van der Waals surface area (Å²) in [6, 6.07) is 7.17. The summed E-state index contributed by atoms with van der Waals surface area (Å²) in [7, 11) is 0. The average Bonchev–Trinajstić information content (AvgIpc) is 2.27. The largest absolute Gasteiger partial charge is 0.311 e. The third kappa shape index (κ3) is 4.31. The molecule has 2 heteroatoms. The highest BCUT2D eigenvalue weighted by atomic mass is 19.1.